The molecule has 0 spiro atoms. The number of benzene rings is 1. The molecule has 14 heavy (non-hydrogen) atoms. The summed E-state index contributed by atoms with van der Waals surface area (Å²) in [7, 11) is 1.68. The molecule has 0 saturated carbocycles. The lowest BCUT2D eigenvalue weighted by molar-refractivity contribution is 0.415. The fraction of sp³-hybridized carbons (Fsp3) is 0.167. The maximum atomic E-state index is 5.19. The third kappa shape index (κ3) is 1.39. The molecule has 2 aromatic rings. The van der Waals surface area contributed by atoms with Crippen molar-refractivity contribution in [3.63, 3.8) is 0 Å². The second-order valence-corrected chi connectivity index (χ2v) is 3.16. The Balaban J connectivity index is 2.63. The Hall–Kier alpha value is -1.70. The number of rotatable bonds is 2. The number of fused-ring (bicyclic) bond motifs is 1. The van der Waals surface area contributed by atoms with E-state index in [4.69, 9.17) is 4.74 Å². The van der Waals surface area contributed by atoms with Crippen LogP contribution in [0.1, 0.15) is 12.5 Å². The molecular weight excluding hydrogens is 174 g/mol. The van der Waals surface area contributed by atoms with E-state index < -0.39 is 0 Å². The Bertz CT molecular complexity index is 468. The van der Waals surface area contributed by atoms with Crippen molar-refractivity contribution in [3.05, 3.63) is 36.0 Å². The highest BCUT2D eigenvalue weighted by Crippen LogP contribution is 2.24. The minimum Gasteiger partial charge on any atom is -0.497 e. The summed E-state index contributed by atoms with van der Waals surface area (Å²) < 4.78 is 5.19. The molecule has 0 aliphatic carbocycles. The van der Waals surface area contributed by atoms with Crippen LogP contribution in [0.25, 0.3) is 17.0 Å². The molecule has 0 aliphatic rings. The third-order valence-electron chi connectivity index (χ3n) is 2.27. The Labute approximate surface area is 83.2 Å². The quantitative estimate of drug-likeness (QED) is 0.767. The van der Waals surface area contributed by atoms with Gasteiger partial charge in [0.2, 0.25) is 0 Å². The maximum absolute atomic E-state index is 5.19. The average molecular weight is 187 g/mol. The molecular formula is C12H13NO. The SMILES string of the molecule is C/C=C/c1c[nH]c2ccc(OC)cc12. The van der Waals surface area contributed by atoms with Gasteiger partial charge in [0, 0.05) is 17.1 Å². The molecule has 0 radical (unpaired) electrons. The van der Waals surface area contributed by atoms with Gasteiger partial charge in [0.15, 0.2) is 0 Å². The summed E-state index contributed by atoms with van der Waals surface area (Å²) in [5, 5.41) is 1.20. The summed E-state index contributed by atoms with van der Waals surface area (Å²) in [6.07, 6.45) is 6.12. The van der Waals surface area contributed by atoms with Crippen molar-refractivity contribution in [1.29, 1.82) is 0 Å². The first-order valence-corrected chi connectivity index (χ1v) is 4.63. The fourth-order valence-corrected chi connectivity index (χ4v) is 1.57. The number of H-pyrrole nitrogens is 1. The van der Waals surface area contributed by atoms with E-state index in [1.54, 1.807) is 7.11 Å². The lowest BCUT2D eigenvalue weighted by atomic mass is 10.1. The first-order chi connectivity index (χ1) is 6.85. The largest absolute Gasteiger partial charge is 0.497 e. The Kier molecular flexibility index (Phi) is 2.27. The Morgan fingerprint density at radius 2 is 2.21 bits per heavy atom. The zero-order chi connectivity index (χ0) is 9.97. The predicted molar refractivity (Wildman–Crippen MR) is 59.6 cm³/mol. The molecule has 1 N–H and O–H groups in total. The van der Waals surface area contributed by atoms with E-state index in [1.165, 1.54) is 10.9 Å². The van der Waals surface area contributed by atoms with E-state index in [-0.39, 0.29) is 0 Å². The third-order valence-corrected chi connectivity index (χ3v) is 2.27. The maximum Gasteiger partial charge on any atom is 0.119 e. The highest BCUT2D eigenvalue weighted by molar-refractivity contribution is 5.89. The van der Waals surface area contributed by atoms with Gasteiger partial charge >= 0.3 is 0 Å². The second-order valence-electron chi connectivity index (χ2n) is 3.16. The van der Waals surface area contributed by atoms with Crippen molar-refractivity contribution in [2.75, 3.05) is 7.11 Å². The Morgan fingerprint density at radius 3 is 2.93 bits per heavy atom. The van der Waals surface area contributed by atoms with Crippen LogP contribution in [0.2, 0.25) is 0 Å². The van der Waals surface area contributed by atoms with Gasteiger partial charge in [-0.25, -0.2) is 0 Å². The minimum absolute atomic E-state index is 0.892. The van der Waals surface area contributed by atoms with Crippen LogP contribution in [-0.2, 0) is 0 Å². The first-order valence-electron chi connectivity index (χ1n) is 4.63. The number of ether oxygens (including phenoxy) is 1. The van der Waals surface area contributed by atoms with Crippen molar-refractivity contribution in [2.45, 2.75) is 6.92 Å². The van der Waals surface area contributed by atoms with Crippen LogP contribution in [0.15, 0.2) is 30.5 Å². The van der Waals surface area contributed by atoms with Gasteiger partial charge in [-0.15, -0.1) is 0 Å². The second kappa shape index (κ2) is 3.58. The molecule has 0 atom stereocenters. The van der Waals surface area contributed by atoms with Crippen molar-refractivity contribution in [2.24, 2.45) is 0 Å². The molecule has 1 heterocycles. The summed E-state index contributed by atoms with van der Waals surface area (Å²) in [5.74, 6) is 0.892. The van der Waals surface area contributed by atoms with Gasteiger partial charge in [0.25, 0.3) is 0 Å². The van der Waals surface area contributed by atoms with Crippen LogP contribution in [-0.4, -0.2) is 12.1 Å². The van der Waals surface area contributed by atoms with Crippen LogP contribution in [0, 0.1) is 0 Å². The molecule has 0 bridgehead atoms. The van der Waals surface area contributed by atoms with E-state index in [0.29, 0.717) is 0 Å². The predicted octanol–water partition coefficient (Wildman–Crippen LogP) is 3.21. The molecule has 0 saturated heterocycles. The van der Waals surface area contributed by atoms with E-state index in [9.17, 15) is 0 Å². The molecule has 0 aliphatic heterocycles. The van der Waals surface area contributed by atoms with Crippen LogP contribution >= 0.6 is 0 Å². The number of aromatic nitrogens is 1. The molecule has 0 unspecified atom stereocenters. The lowest BCUT2D eigenvalue weighted by Gasteiger charge is -1.99. The van der Waals surface area contributed by atoms with E-state index in [2.05, 4.69) is 11.1 Å². The molecule has 1 aromatic heterocycles. The topological polar surface area (TPSA) is 25.0 Å². The van der Waals surface area contributed by atoms with E-state index >= 15 is 0 Å². The van der Waals surface area contributed by atoms with Gasteiger partial charge in [0.05, 0.1) is 7.11 Å². The molecule has 2 rings (SSSR count). The average Bonchev–Trinajstić information content (AvgIpc) is 2.61. The highest BCUT2D eigenvalue weighted by atomic mass is 16.5. The van der Waals surface area contributed by atoms with Gasteiger partial charge in [-0.05, 0) is 30.7 Å². The lowest BCUT2D eigenvalue weighted by Crippen LogP contribution is -1.81. The number of methoxy groups -OCH3 is 1. The minimum atomic E-state index is 0.892. The van der Waals surface area contributed by atoms with Crippen LogP contribution in [0.4, 0.5) is 0 Å². The van der Waals surface area contributed by atoms with Gasteiger partial charge in [0.1, 0.15) is 5.75 Å². The standard InChI is InChI=1S/C12H13NO/c1-3-4-9-8-13-12-6-5-10(14-2)7-11(9)12/h3-8,13H,1-2H3/b4-3+. The number of aromatic amines is 1. The zero-order valence-corrected chi connectivity index (χ0v) is 8.37. The summed E-state index contributed by atoms with van der Waals surface area (Å²) in [6.45, 7) is 2.01. The molecule has 0 fully saturated rings. The van der Waals surface area contributed by atoms with Crippen LogP contribution in [0.3, 0.4) is 0 Å². The zero-order valence-electron chi connectivity index (χ0n) is 8.37. The highest BCUT2D eigenvalue weighted by Gasteiger charge is 2.01. The number of nitrogens with one attached hydrogen (secondary N) is 1. The van der Waals surface area contributed by atoms with E-state index in [1.807, 2.05) is 37.4 Å². The van der Waals surface area contributed by atoms with Gasteiger partial charge in [-0.2, -0.15) is 0 Å². The van der Waals surface area contributed by atoms with Crippen molar-refractivity contribution < 1.29 is 4.74 Å². The molecule has 2 heteroatoms. The molecule has 2 nitrogen and oxygen atoms in total. The van der Waals surface area contributed by atoms with Crippen LogP contribution in [0.5, 0.6) is 5.75 Å². The molecule has 0 amide bonds. The molecule has 1 aromatic carbocycles. The van der Waals surface area contributed by atoms with E-state index in [0.717, 1.165) is 11.3 Å². The summed E-state index contributed by atoms with van der Waals surface area (Å²) in [4.78, 5) is 3.22. The summed E-state index contributed by atoms with van der Waals surface area (Å²) in [6, 6.07) is 6.03. The summed E-state index contributed by atoms with van der Waals surface area (Å²) >= 11 is 0. The number of hydrogen-bond acceptors (Lipinski definition) is 1. The van der Waals surface area contributed by atoms with Crippen molar-refractivity contribution >= 4 is 17.0 Å². The first kappa shape index (κ1) is 8.88. The van der Waals surface area contributed by atoms with Crippen molar-refractivity contribution in [3.8, 4) is 5.75 Å². The van der Waals surface area contributed by atoms with Gasteiger partial charge < -0.3 is 9.72 Å². The van der Waals surface area contributed by atoms with Gasteiger partial charge in [-0.3, -0.25) is 0 Å². The van der Waals surface area contributed by atoms with Crippen molar-refractivity contribution in [1.82, 2.24) is 4.98 Å². The summed E-state index contributed by atoms with van der Waals surface area (Å²) in [5.41, 5.74) is 2.33. The fourth-order valence-electron chi connectivity index (χ4n) is 1.57. The molecule has 72 valence electrons. The van der Waals surface area contributed by atoms with Crippen LogP contribution < -0.4 is 4.74 Å². The monoisotopic (exact) mass is 187 g/mol. The number of hydrogen-bond donors (Lipinski definition) is 1. The Morgan fingerprint density at radius 1 is 1.36 bits per heavy atom. The number of allylic oxidation sites excluding steroid dienone is 1. The normalized spacial score (nSPS) is 11.3. The smallest absolute Gasteiger partial charge is 0.119 e. The van der Waals surface area contributed by atoms with Gasteiger partial charge in [-0.1, -0.05) is 12.2 Å².